The van der Waals surface area contributed by atoms with Crippen LogP contribution in [0.15, 0.2) is 0 Å². The van der Waals surface area contributed by atoms with Crippen molar-refractivity contribution in [3.05, 3.63) is 0 Å². The highest BCUT2D eigenvalue weighted by Gasteiger charge is 2.69. The summed E-state index contributed by atoms with van der Waals surface area (Å²) in [7, 11) is -0.465. The molecule has 6 aliphatic rings. The third-order valence-corrected chi connectivity index (χ3v) is 8.69. The summed E-state index contributed by atoms with van der Waals surface area (Å²) in [5, 5.41) is 2.72. The summed E-state index contributed by atoms with van der Waals surface area (Å²) in [6.07, 6.45) is 2.40. The maximum Gasteiger partial charge on any atom is 0.482 e. The van der Waals surface area contributed by atoms with E-state index in [2.05, 4.69) is 26.1 Å². The van der Waals surface area contributed by atoms with E-state index in [0.717, 1.165) is 19.3 Å². The van der Waals surface area contributed by atoms with Gasteiger partial charge in [-0.3, -0.25) is 4.79 Å². The minimum atomic E-state index is -0.798. The number of hydrogen-bond donors (Lipinski definition) is 1. The molecule has 1 N–H and O–H groups in total. The number of nitrogens with one attached hydrogen (secondary N) is 1. The van der Waals surface area contributed by atoms with Crippen LogP contribution >= 0.6 is 0 Å². The van der Waals surface area contributed by atoms with Crippen LogP contribution in [0.5, 0.6) is 0 Å². The second-order valence-electron chi connectivity index (χ2n) is 12.1. The molecule has 3 aliphatic carbocycles. The molecule has 0 aromatic carbocycles. The summed E-state index contributed by atoms with van der Waals surface area (Å²) in [6.45, 7) is 14.1. The van der Waals surface area contributed by atoms with Crippen molar-refractivity contribution in [2.24, 2.45) is 17.3 Å². The van der Waals surface area contributed by atoms with Gasteiger partial charge in [0.25, 0.3) is 0 Å². The highest BCUT2D eigenvalue weighted by atomic mass is 16.7. The molecule has 3 heterocycles. The van der Waals surface area contributed by atoms with Gasteiger partial charge < -0.3 is 29.0 Å². The van der Waals surface area contributed by atoms with Crippen molar-refractivity contribution < 1.29 is 28.4 Å². The molecular weight excluding hydrogens is 411 g/mol. The molecule has 3 saturated heterocycles. The average Bonchev–Trinajstić information content (AvgIpc) is 3.23. The minimum Gasteiger partial charge on any atom is -0.444 e. The Hall–Kier alpha value is -1.32. The van der Waals surface area contributed by atoms with Crippen molar-refractivity contribution in [3.63, 3.8) is 0 Å². The molecule has 9 heteroatoms. The number of ether oxygens (including phenoxy) is 2. The first-order valence-electron chi connectivity index (χ1n) is 12.1. The van der Waals surface area contributed by atoms with Gasteiger partial charge in [0.15, 0.2) is 0 Å². The Kier molecular flexibility index (Phi) is 4.98. The van der Waals surface area contributed by atoms with Crippen LogP contribution in [0, 0.1) is 17.3 Å². The number of carbonyl (C=O) groups is 2. The molecule has 0 aromatic heterocycles. The van der Waals surface area contributed by atoms with E-state index >= 15 is 0 Å². The van der Waals surface area contributed by atoms with Gasteiger partial charge in [-0.25, -0.2) is 4.79 Å². The molecule has 8 nitrogen and oxygen atoms in total. The highest BCUT2D eigenvalue weighted by Crippen LogP contribution is 2.66. The second-order valence-corrected chi connectivity index (χ2v) is 12.1. The van der Waals surface area contributed by atoms with Gasteiger partial charge in [0.1, 0.15) is 17.9 Å². The predicted molar refractivity (Wildman–Crippen MR) is 117 cm³/mol. The van der Waals surface area contributed by atoms with Gasteiger partial charge >= 0.3 is 13.2 Å². The summed E-state index contributed by atoms with van der Waals surface area (Å²) in [5.74, 6) is 0.771. The van der Waals surface area contributed by atoms with Gasteiger partial charge in [-0.2, -0.15) is 0 Å². The fraction of sp³-hybridized carbons (Fsp3) is 0.913. The number of fused-ring (bicyclic) bond motifs is 1. The van der Waals surface area contributed by atoms with E-state index in [9.17, 15) is 9.59 Å². The summed E-state index contributed by atoms with van der Waals surface area (Å²) < 4.78 is 24.6. The zero-order chi connectivity index (χ0) is 23.2. The van der Waals surface area contributed by atoms with E-state index in [1.165, 1.54) is 6.42 Å². The summed E-state index contributed by atoms with van der Waals surface area (Å²) in [6, 6.07) is -0.798. The summed E-state index contributed by atoms with van der Waals surface area (Å²) in [5.41, 5.74) is -0.692. The average molecular weight is 448 g/mol. The van der Waals surface area contributed by atoms with Crippen molar-refractivity contribution >= 4 is 19.1 Å². The molecule has 6 fully saturated rings. The molecule has 0 unspecified atom stereocenters. The third-order valence-electron chi connectivity index (χ3n) is 8.69. The van der Waals surface area contributed by atoms with Crippen LogP contribution in [-0.4, -0.2) is 65.6 Å². The first kappa shape index (κ1) is 22.5. The first-order valence-corrected chi connectivity index (χ1v) is 12.1. The van der Waals surface area contributed by atoms with Crippen LogP contribution in [0.2, 0.25) is 0 Å². The molecule has 3 aliphatic heterocycles. The van der Waals surface area contributed by atoms with Gasteiger partial charge in [0.2, 0.25) is 5.91 Å². The van der Waals surface area contributed by atoms with Gasteiger partial charge in [-0.05, 0) is 77.6 Å². The van der Waals surface area contributed by atoms with Crippen molar-refractivity contribution in [2.75, 3.05) is 0 Å². The van der Waals surface area contributed by atoms with Gasteiger partial charge in [0, 0.05) is 0 Å². The fourth-order valence-corrected chi connectivity index (χ4v) is 6.88. The third kappa shape index (κ3) is 3.30. The number of amides is 2. The van der Waals surface area contributed by atoms with E-state index in [4.69, 9.17) is 18.8 Å². The van der Waals surface area contributed by atoms with Crippen LogP contribution in [0.3, 0.4) is 0 Å². The van der Waals surface area contributed by atoms with Crippen LogP contribution in [-0.2, 0) is 23.6 Å². The van der Waals surface area contributed by atoms with Gasteiger partial charge in [-0.15, -0.1) is 0 Å². The lowest BCUT2D eigenvalue weighted by atomic mass is 9.43. The Morgan fingerprint density at radius 3 is 2.59 bits per heavy atom. The van der Waals surface area contributed by atoms with Crippen molar-refractivity contribution in [3.8, 4) is 0 Å². The number of hydrogen-bond acceptors (Lipinski definition) is 6. The van der Waals surface area contributed by atoms with E-state index in [1.807, 2.05) is 6.92 Å². The minimum absolute atomic E-state index is 0.0683. The molecular formula is C23H37BN2O6. The number of nitrogens with zero attached hydrogens (tertiary/aromatic N) is 1. The SMILES string of the molecule is C[C@H]1O[C@H]2CC[C@@H](B3O[C@@H]4C[C@@H]5C[C@@H](C5(C)C)[C@]4(C)O3)N2C(=O)[C@H]1NC(=O)OC(C)(C)C. The van der Waals surface area contributed by atoms with Gasteiger partial charge in [0.05, 0.1) is 23.8 Å². The Bertz CT molecular complexity index is 815. The first-order chi connectivity index (χ1) is 14.8. The topological polar surface area (TPSA) is 86.3 Å². The van der Waals surface area contributed by atoms with E-state index in [0.29, 0.717) is 11.8 Å². The van der Waals surface area contributed by atoms with Crippen LogP contribution in [0.25, 0.3) is 0 Å². The van der Waals surface area contributed by atoms with Crippen molar-refractivity contribution in [2.45, 2.75) is 116 Å². The van der Waals surface area contributed by atoms with E-state index in [-0.39, 0.29) is 35.2 Å². The molecule has 0 spiro atoms. The molecule has 8 atom stereocenters. The molecule has 0 radical (unpaired) electrons. The summed E-state index contributed by atoms with van der Waals surface area (Å²) in [4.78, 5) is 27.6. The second kappa shape index (κ2) is 7.09. The van der Waals surface area contributed by atoms with Crippen LogP contribution < -0.4 is 5.32 Å². The van der Waals surface area contributed by atoms with Gasteiger partial charge in [-0.1, -0.05) is 13.8 Å². The molecule has 178 valence electrons. The maximum absolute atomic E-state index is 13.5. The molecule has 2 bridgehead atoms. The Morgan fingerprint density at radius 2 is 1.94 bits per heavy atom. The fourth-order valence-electron chi connectivity index (χ4n) is 6.88. The zero-order valence-electron chi connectivity index (χ0n) is 20.3. The quantitative estimate of drug-likeness (QED) is 0.654. The predicted octanol–water partition coefficient (Wildman–Crippen LogP) is 2.88. The molecule has 6 rings (SSSR count). The number of rotatable bonds is 2. The molecule has 3 saturated carbocycles. The lowest BCUT2D eigenvalue weighted by molar-refractivity contribution is -0.199. The van der Waals surface area contributed by atoms with E-state index < -0.39 is 31.0 Å². The smallest absolute Gasteiger partial charge is 0.444 e. The Labute approximate surface area is 191 Å². The highest BCUT2D eigenvalue weighted by molar-refractivity contribution is 6.48. The van der Waals surface area contributed by atoms with E-state index in [1.54, 1.807) is 25.7 Å². The molecule has 0 aromatic rings. The van der Waals surface area contributed by atoms with Crippen LogP contribution in [0.1, 0.15) is 74.1 Å². The van der Waals surface area contributed by atoms with Crippen molar-refractivity contribution in [1.29, 1.82) is 0 Å². The zero-order valence-corrected chi connectivity index (χ0v) is 20.3. The maximum atomic E-state index is 13.5. The number of carbonyl (C=O) groups excluding carboxylic acids is 2. The molecule has 32 heavy (non-hydrogen) atoms. The normalized spacial score (nSPS) is 44.6. The summed E-state index contributed by atoms with van der Waals surface area (Å²) >= 11 is 0. The monoisotopic (exact) mass is 448 g/mol. The Morgan fingerprint density at radius 1 is 1.22 bits per heavy atom. The lowest BCUT2D eigenvalue weighted by Crippen LogP contribution is -2.66. The number of alkyl carbamates (subject to hydrolysis) is 1. The lowest BCUT2D eigenvalue weighted by Gasteiger charge is -2.64. The van der Waals surface area contributed by atoms with Crippen LogP contribution in [0.4, 0.5) is 4.79 Å². The largest absolute Gasteiger partial charge is 0.482 e. The van der Waals surface area contributed by atoms with Crippen molar-refractivity contribution in [1.82, 2.24) is 10.2 Å². The standard InChI is InChI=1S/C23H37BN2O6/c1-12-18(25-20(28)30-21(2,3)4)19(27)26-16(8-9-17(26)29-12)24-31-15-11-13-10-14(22(13,5)6)23(15,7)32-24/h12-18H,8-11H2,1-7H3,(H,25,28)/t12-,13+,14+,15-,16+,17+,18+,23+/m1/s1. The molecule has 2 amide bonds. The Balaban J connectivity index is 1.31.